The number of nitrogens with zero attached hydrogens (tertiary/aromatic N) is 5. The number of hydrogen-bond donors (Lipinski definition) is 4. The predicted octanol–water partition coefficient (Wildman–Crippen LogP) is 5.48. The molecule has 3 aliphatic rings. The Morgan fingerprint density at radius 3 is 2.31 bits per heavy atom. The van der Waals surface area contributed by atoms with Gasteiger partial charge in [-0.3, -0.25) is 34.0 Å². The minimum atomic E-state index is -1.19. The number of carbonyl (C=O) groups excluding carboxylic acids is 3. The number of aromatic nitrogens is 4. The molecule has 3 fully saturated rings. The van der Waals surface area contributed by atoms with Crippen LogP contribution >= 0.6 is 0 Å². The first kappa shape index (κ1) is 38.6. The van der Waals surface area contributed by atoms with Crippen molar-refractivity contribution >= 4 is 51.2 Å². The van der Waals surface area contributed by atoms with Crippen LogP contribution in [0.3, 0.4) is 0 Å². The second kappa shape index (κ2) is 15.1. The number of para-hydroxylation sites is 1. The summed E-state index contributed by atoms with van der Waals surface area (Å²) in [5, 5.41) is 25.7. The number of aryl methyl sites for hydroxylation is 1. The lowest BCUT2D eigenvalue weighted by Gasteiger charge is -2.35. The molecule has 4 aromatic rings. The highest BCUT2D eigenvalue weighted by atomic mass is 16.6. The summed E-state index contributed by atoms with van der Waals surface area (Å²) >= 11 is 0. The molecule has 0 bridgehead atoms. The van der Waals surface area contributed by atoms with Crippen molar-refractivity contribution in [2.45, 2.75) is 109 Å². The van der Waals surface area contributed by atoms with Gasteiger partial charge in [-0.2, -0.15) is 5.10 Å². The maximum Gasteiger partial charge on any atom is 0.412 e. The molecule has 0 spiro atoms. The Labute approximate surface area is 321 Å². The number of fused-ring (bicyclic) bond motifs is 2. The van der Waals surface area contributed by atoms with Crippen molar-refractivity contribution in [1.29, 1.82) is 0 Å². The number of imide groups is 1. The second-order valence-corrected chi connectivity index (χ2v) is 17.3. The van der Waals surface area contributed by atoms with E-state index >= 15 is 0 Å². The van der Waals surface area contributed by atoms with E-state index in [0.29, 0.717) is 35.5 Å². The first-order valence-corrected chi connectivity index (χ1v) is 19.8. The highest BCUT2D eigenvalue weighted by molar-refractivity contribution is 6.00. The molecule has 2 aliphatic heterocycles. The zero-order valence-electron chi connectivity index (χ0n) is 33.0. The van der Waals surface area contributed by atoms with Crippen molar-refractivity contribution in [3.63, 3.8) is 0 Å². The van der Waals surface area contributed by atoms with Gasteiger partial charge in [0, 0.05) is 43.7 Å². The summed E-state index contributed by atoms with van der Waals surface area (Å²) in [5.74, 6) is 0.469. The van der Waals surface area contributed by atoms with Crippen LogP contribution in [0.4, 0.5) is 16.2 Å². The van der Waals surface area contributed by atoms with Gasteiger partial charge in [0.1, 0.15) is 11.6 Å². The topological polar surface area (TPSA) is 165 Å². The van der Waals surface area contributed by atoms with E-state index < -0.39 is 29.2 Å². The van der Waals surface area contributed by atoms with Gasteiger partial charge in [0.05, 0.1) is 39.6 Å². The van der Waals surface area contributed by atoms with Gasteiger partial charge in [-0.05, 0) is 129 Å². The van der Waals surface area contributed by atoms with E-state index in [2.05, 4.69) is 31.6 Å². The molecule has 4 heterocycles. The lowest BCUT2D eigenvalue weighted by molar-refractivity contribution is -0.135. The number of aliphatic hydroxyl groups is 1. The van der Waals surface area contributed by atoms with Crippen molar-refractivity contribution in [2.75, 3.05) is 36.4 Å². The molecule has 55 heavy (non-hydrogen) atoms. The summed E-state index contributed by atoms with van der Waals surface area (Å²) in [6, 6.07) is 9.24. The molecule has 7 rings (SSSR count). The highest BCUT2D eigenvalue weighted by Gasteiger charge is 2.33. The molecule has 2 saturated heterocycles. The van der Waals surface area contributed by atoms with Gasteiger partial charge >= 0.3 is 11.8 Å². The van der Waals surface area contributed by atoms with Crippen LogP contribution in [0.25, 0.3) is 21.9 Å². The number of carbonyl (C=O) groups is 3. The first-order chi connectivity index (χ1) is 26.1. The van der Waals surface area contributed by atoms with Crippen LogP contribution in [0, 0.1) is 11.8 Å². The van der Waals surface area contributed by atoms with Crippen molar-refractivity contribution < 1.29 is 24.2 Å². The van der Waals surface area contributed by atoms with E-state index in [-0.39, 0.29) is 18.0 Å². The SMILES string of the molecule is Cn1c(=O)n(C2CCC(=O)NC2=O)c2cccc(N3CCC(CNCC4CCC(n5cc6cc(NC(=O)OC(C)(C)C)c(C(C)(C)O)cc6n5)CC4)CC3)c21. The van der Waals surface area contributed by atoms with Gasteiger partial charge in [-0.1, -0.05) is 6.07 Å². The summed E-state index contributed by atoms with van der Waals surface area (Å²) in [7, 11) is 1.76. The van der Waals surface area contributed by atoms with E-state index in [9.17, 15) is 24.3 Å². The minimum Gasteiger partial charge on any atom is -0.444 e. The molecule has 2 aromatic carbocycles. The molecular weight excluding hydrogens is 701 g/mol. The van der Waals surface area contributed by atoms with Gasteiger partial charge in [0.2, 0.25) is 11.8 Å². The third-order valence-electron chi connectivity index (χ3n) is 11.6. The van der Waals surface area contributed by atoms with Crippen LogP contribution in [-0.4, -0.2) is 73.7 Å². The van der Waals surface area contributed by atoms with Crippen LogP contribution in [0.5, 0.6) is 0 Å². The molecule has 3 amide bonds. The van der Waals surface area contributed by atoms with Gasteiger partial charge in [0.15, 0.2) is 0 Å². The molecule has 4 N–H and O–H groups in total. The van der Waals surface area contributed by atoms with Gasteiger partial charge in [-0.25, -0.2) is 9.59 Å². The number of hydrogen-bond acceptors (Lipinski definition) is 9. The zero-order valence-corrected chi connectivity index (χ0v) is 33.0. The van der Waals surface area contributed by atoms with Crippen molar-refractivity contribution in [2.24, 2.45) is 18.9 Å². The van der Waals surface area contributed by atoms with Crippen LogP contribution < -0.4 is 26.5 Å². The molecule has 2 aromatic heterocycles. The van der Waals surface area contributed by atoms with E-state index in [1.807, 2.05) is 51.2 Å². The Balaban J connectivity index is 0.907. The summed E-state index contributed by atoms with van der Waals surface area (Å²) < 4.78 is 10.7. The predicted molar refractivity (Wildman–Crippen MR) is 212 cm³/mol. The Hall–Kier alpha value is -4.69. The molecule has 1 aliphatic carbocycles. The number of anilines is 2. The third-order valence-corrected chi connectivity index (χ3v) is 11.6. The fraction of sp³-hybridized carbons (Fsp3) is 0.585. The fourth-order valence-corrected chi connectivity index (χ4v) is 8.69. The van der Waals surface area contributed by atoms with E-state index in [1.54, 1.807) is 30.0 Å². The van der Waals surface area contributed by atoms with Crippen LogP contribution in [-0.2, 0) is 27.0 Å². The van der Waals surface area contributed by atoms with Crippen molar-refractivity contribution in [3.8, 4) is 0 Å². The molecular formula is C41H56N8O6. The van der Waals surface area contributed by atoms with Crippen molar-refractivity contribution in [3.05, 3.63) is 52.6 Å². The number of imidazole rings is 1. The average molecular weight is 757 g/mol. The van der Waals surface area contributed by atoms with Gasteiger partial charge in [0.25, 0.3) is 0 Å². The Morgan fingerprint density at radius 1 is 0.964 bits per heavy atom. The number of rotatable bonds is 9. The lowest BCUT2D eigenvalue weighted by Crippen LogP contribution is -2.44. The lowest BCUT2D eigenvalue weighted by atomic mass is 9.86. The summed E-state index contributed by atoms with van der Waals surface area (Å²) in [6.07, 6.45) is 8.44. The van der Waals surface area contributed by atoms with Gasteiger partial charge in [-0.15, -0.1) is 0 Å². The number of amides is 3. The molecule has 0 radical (unpaired) electrons. The molecule has 14 heteroatoms. The Kier molecular flexibility index (Phi) is 10.6. The van der Waals surface area contributed by atoms with E-state index in [4.69, 9.17) is 9.84 Å². The second-order valence-electron chi connectivity index (χ2n) is 17.3. The van der Waals surface area contributed by atoms with Crippen LogP contribution in [0.15, 0.2) is 41.3 Å². The highest BCUT2D eigenvalue weighted by Crippen LogP contribution is 2.36. The summed E-state index contributed by atoms with van der Waals surface area (Å²) in [6.45, 7) is 12.6. The molecule has 14 nitrogen and oxygen atoms in total. The standard InChI is InChI=1S/C41H56N8O6/c1-40(2,3)55-38(52)43-31-20-27-24-48(45-30(27)21-29(31)41(4,5)54)28-12-10-25(11-13-28)22-42-23-26-16-18-47(19-17-26)32-8-7-9-33-36(32)46(6)39(53)49(33)34-14-15-35(50)44-37(34)51/h7-9,20-21,24-26,28,34,42,54H,10-19,22-23H2,1-6H3,(H,43,52)(H,44,50,51). The molecule has 1 atom stereocenters. The maximum absolute atomic E-state index is 13.4. The normalized spacial score (nSPS) is 21.7. The first-order valence-electron chi connectivity index (χ1n) is 19.8. The Morgan fingerprint density at radius 2 is 1.65 bits per heavy atom. The largest absolute Gasteiger partial charge is 0.444 e. The monoisotopic (exact) mass is 756 g/mol. The molecule has 1 unspecified atom stereocenters. The summed E-state index contributed by atoms with van der Waals surface area (Å²) in [5.41, 5.74) is 2.37. The zero-order chi connectivity index (χ0) is 39.2. The van der Waals surface area contributed by atoms with E-state index in [1.165, 1.54) is 0 Å². The van der Waals surface area contributed by atoms with E-state index in [0.717, 1.165) is 92.3 Å². The fourth-order valence-electron chi connectivity index (χ4n) is 8.69. The number of piperidine rings is 2. The minimum absolute atomic E-state index is 0.219. The quantitative estimate of drug-likeness (QED) is 0.162. The van der Waals surface area contributed by atoms with Crippen LogP contribution in [0.2, 0.25) is 0 Å². The van der Waals surface area contributed by atoms with Crippen LogP contribution in [0.1, 0.15) is 104 Å². The molecule has 1 saturated carbocycles. The smallest absolute Gasteiger partial charge is 0.412 e. The third kappa shape index (κ3) is 8.30. The number of benzene rings is 2. The average Bonchev–Trinajstić information content (AvgIpc) is 3.65. The van der Waals surface area contributed by atoms with Gasteiger partial charge < -0.3 is 20.1 Å². The number of nitrogens with one attached hydrogen (secondary N) is 3. The number of ether oxygens (including phenoxy) is 1. The summed E-state index contributed by atoms with van der Waals surface area (Å²) in [4.78, 5) is 52.8. The molecule has 296 valence electrons. The van der Waals surface area contributed by atoms with Crippen molar-refractivity contribution in [1.82, 2.24) is 29.5 Å². The Bertz CT molecular complexity index is 2140. The maximum atomic E-state index is 13.4.